The van der Waals surface area contributed by atoms with Crippen molar-refractivity contribution in [2.75, 3.05) is 0 Å². The van der Waals surface area contributed by atoms with Crippen LogP contribution < -0.4 is 0 Å². The fraction of sp³-hybridized carbons (Fsp3) is 0.333. The van der Waals surface area contributed by atoms with E-state index in [0.717, 1.165) is 0 Å². The molecule has 44 valence electrons. The summed E-state index contributed by atoms with van der Waals surface area (Å²) in [6, 6.07) is 0. The average molecular weight is 116 g/mol. The summed E-state index contributed by atoms with van der Waals surface area (Å²) in [6.07, 6.45) is 2.54. The summed E-state index contributed by atoms with van der Waals surface area (Å²) in [7, 11) is 0. The van der Waals surface area contributed by atoms with Crippen LogP contribution in [0.4, 0.5) is 8.78 Å². The lowest BCUT2D eigenvalue weighted by Gasteiger charge is -2.06. The maximum Gasteiger partial charge on any atom is 0.153 e. The maximum absolute atomic E-state index is 12.1. The molecule has 0 aliphatic heterocycles. The van der Waals surface area contributed by atoms with Gasteiger partial charge in [0.1, 0.15) is 0 Å². The third-order valence-electron chi connectivity index (χ3n) is 1.01. The van der Waals surface area contributed by atoms with Crippen LogP contribution in [0.25, 0.3) is 0 Å². The molecule has 0 spiro atoms. The van der Waals surface area contributed by atoms with E-state index < -0.39 is 12.3 Å². The van der Waals surface area contributed by atoms with Crippen LogP contribution in [0.5, 0.6) is 0 Å². The molecule has 0 saturated heterocycles. The second kappa shape index (κ2) is 2.07. The average Bonchev–Trinajstić information content (AvgIpc) is 1.77. The summed E-state index contributed by atoms with van der Waals surface area (Å²) in [4.78, 5) is 0. The molecule has 0 radical (unpaired) electrons. The van der Waals surface area contributed by atoms with Gasteiger partial charge in [-0.3, -0.25) is 0 Å². The molecular weight excluding hydrogens is 110 g/mol. The molecular formula is C6H6F2. The largest absolute Gasteiger partial charge is 0.239 e. The van der Waals surface area contributed by atoms with Crippen molar-refractivity contribution in [2.45, 2.75) is 12.3 Å². The molecule has 0 bridgehead atoms. The first-order valence-electron chi connectivity index (χ1n) is 2.44. The molecule has 0 saturated carbocycles. The predicted molar refractivity (Wildman–Crippen MR) is 28.1 cm³/mol. The Kier molecular flexibility index (Phi) is 1.42. The highest BCUT2D eigenvalue weighted by Gasteiger charge is 2.14. The third kappa shape index (κ3) is 0.941. The van der Waals surface area contributed by atoms with Gasteiger partial charge < -0.3 is 0 Å². The first-order chi connectivity index (χ1) is 3.80. The van der Waals surface area contributed by atoms with Crippen LogP contribution in [0.3, 0.4) is 0 Å². The second-order valence-corrected chi connectivity index (χ2v) is 1.66. The quantitative estimate of drug-likeness (QED) is 0.452. The Morgan fingerprint density at radius 1 is 0.875 bits per heavy atom. The van der Waals surface area contributed by atoms with Crippen LogP contribution in [0.2, 0.25) is 0 Å². The van der Waals surface area contributed by atoms with Gasteiger partial charge in [-0.05, 0) is 12.2 Å². The molecule has 0 aromatic rings. The van der Waals surface area contributed by atoms with Gasteiger partial charge in [-0.25, -0.2) is 8.78 Å². The third-order valence-corrected chi connectivity index (χ3v) is 1.01. The minimum atomic E-state index is -1.43. The molecule has 0 aromatic carbocycles. The van der Waals surface area contributed by atoms with E-state index in [1.54, 1.807) is 0 Å². The van der Waals surface area contributed by atoms with Gasteiger partial charge in [0.05, 0.1) is 0 Å². The molecule has 8 heavy (non-hydrogen) atoms. The van der Waals surface area contributed by atoms with Crippen LogP contribution in [-0.4, -0.2) is 12.3 Å². The Bertz CT molecular complexity index is 110. The number of halogens is 2. The Hall–Kier alpha value is -0.660. The lowest BCUT2D eigenvalue weighted by Crippen LogP contribution is -2.13. The zero-order valence-corrected chi connectivity index (χ0v) is 4.22. The fourth-order valence-corrected chi connectivity index (χ4v) is 0.553. The van der Waals surface area contributed by atoms with Crippen molar-refractivity contribution in [3.05, 3.63) is 24.3 Å². The second-order valence-electron chi connectivity index (χ2n) is 1.66. The van der Waals surface area contributed by atoms with Gasteiger partial charge in [0, 0.05) is 0 Å². The summed E-state index contributed by atoms with van der Waals surface area (Å²) in [6.45, 7) is 0. The van der Waals surface area contributed by atoms with Gasteiger partial charge in [-0.1, -0.05) is 12.2 Å². The highest BCUT2D eigenvalue weighted by molar-refractivity contribution is 5.15. The minimum absolute atomic E-state index is 1.20. The van der Waals surface area contributed by atoms with Gasteiger partial charge in [0.25, 0.3) is 0 Å². The lowest BCUT2D eigenvalue weighted by molar-refractivity contribution is 0.245. The van der Waals surface area contributed by atoms with Gasteiger partial charge in [0.15, 0.2) is 12.3 Å². The van der Waals surface area contributed by atoms with E-state index in [2.05, 4.69) is 0 Å². The molecule has 2 heteroatoms. The molecule has 0 nitrogen and oxygen atoms in total. The topological polar surface area (TPSA) is 0 Å². The maximum atomic E-state index is 12.1. The van der Waals surface area contributed by atoms with E-state index in [1.165, 1.54) is 24.3 Å². The normalized spacial score (nSPS) is 35.8. The summed E-state index contributed by atoms with van der Waals surface area (Å²) in [5.41, 5.74) is 0. The van der Waals surface area contributed by atoms with E-state index in [0.29, 0.717) is 0 Å². The van der Waals surface area contributed by atoms with E-state index in [9.17, 15) is 8.78 Å². The monoisotopic (exact) mass is 116 g/mol. The molecule has 0 fully saturated rings. The predicted octanol–water partition coefficient (Wildman–Crippen LogP) is 1.79. The molecule has 0 heterocycles. The van der Waals surface area contributed by atoms with Crippen molar-refractivity contribution >= 4 is 0 Å². The Morgan fingerprint density at radius 2 is 1.25 bits per heavy atom. The molecule has 1 aliphatic carbocycles. The van der Waals surface area contributed by atoms with Crippen molar-refractivity contribution in [1.29, 1.82) is 0 Å². The van der Waals surface area contributed by atoms with Crippen molar-refractivity contribution in [3.63, 3.8) is 0 Å². The van der Waals surface area contributed by atoms with E-state index in [1.807, 2.05) is 0 Å². The summed E-state index contributed by atoms with van der Waals surface area (Å²) >= 11 is 0. The smallest absolute Gasteiger partial charge is 0.153 e. The van der Waals surface area contributed by atoms with Crippen molar-refractivity contribution in [1.82, 2.24) is 0 Å². The molecule has 2 atom stereocenters. The van der Waals surface area contributed by atoms with Crippen molar-refractivity contribution in [3.8, 4) is 0 Å². The van der Waals surface area contributed by atoms with Crippen molar-refractivity contribution < 1.29 is 8.78 Å². The zero-order valence-electron chi connectivity index (χ0n) is 4.22. The van der Waals surface area contributed by atoms with Gasteiger partial charge in [-0.2, -0.15) is 0 Å². The number of hydrogen-bond acceptors (Lipinski definition) is 0. The van der Waals surface area contributed by atoms with Gasteiger partial charge in [-0.15, -0.1) is 0 Å². The Labute approximate surface area is 46.5 Å². The molecule has 1 aliphatic rings. The fourth-order valence-electron chi connectivity index (χ4n) is 0.553. The molecule has 0 aromatic heterocycles. The first kappa shape index (κ1) is 5.48. The molecule has 0 amide bonds. The number of alkyl halides is 2. The van der Waals surface area contributed by atoms with Crippen molar-refractivity contribution in [2.24, 2.45) is 0 Å². The van der Waals surface area contributed by atoms with Crippen LogP contribution in [0, 0.1) is 0 Å². The summed E-state index contributed by atoms with van der Waals surface area (Å²) in [5.74, 6) is 0. The lowest BCUT2D eigenvalue weighted by atomic mass is 10.1. The molecule has 1 rings (SSSR count). The molecule has 2 unspecified atom stereocenters. The number of allylic oxidation sites excluding steroid dienone is 4. The highest BCUT2D eigenvalue weighted by Crippen LogP contribution is 2.10. The Morgan fingerprint density at radius 3 is 1.50 bits per heavy atom. The SMILES string of the molecule is FC1C=CC=CC1F. The number of hydrogen-bond donors (Lipinski definition) is 0. The highest BCUT2D eigenvalue weighted by atomic mass is 19.2. The van der Waals surface area contributed by atoms with Crippen LogP contribution >= 0.6 is 0 Å². The standard InChI is InChI=1S/C6H6F2/c7-5-3-1-2-4-6(5)8/h1-6H. The van der Waals surface area contributed by atoms with Crippen LogP contribution in [-0.2, 0) is 0 Å². The zero-order chi connectivity index (χ0) is 5.98. The summed E-state index contributed by atoms with van der Waals surface area (Å²) < 4.78 is 24.1. The first-order valence-corrected chi connectivity index (χ1v) is 2.44. The number of rotatable bonds is 0. The Balaban J connectivity index is 2.59. The van der Waals surface area contributed by atoms with E-state index >= 15 is 0 Å². The van der Waals surface area contributed by atoms with Gasteiger partial charge >= 0.3 is 0 Å². The van der Waals surface area contributed by atoms with E-state index in [4.69, 9.17) is 0 Å². The van der Waals surface area contributed by atoms with E-state index in [-0.39, 0.29) is 0 Å². The van der Waals surface area contributed by atoms with Gasteiger partial charge in [0.2, 0.25) is 0 Å². The van der Waals surface area contributed by atoms with Crippen LogP contribution in [0.15, 0.2) is 24.3 Å². The molecule has 0 N–H and O–H groups in total. The minimum Gasteiger partial charge on any atom is -0.239 e. The van der Waals surface area contributed by atoms with Crippen LogP contribution in [0.1, 0.15) is 0 Å². The summed E-state index contributed by atoms with van der Waals surface area (Å²) in [5, 5.41) is 0.